The highest BCUT2D eigenvalue weighted by Crippen LogP contribution is 2.46. The zero-order valence-electron chi connectivity index (χ0n) is 23.3. The van der Waals surface area contributed by atoms with E-state index in [1.54, 1.807) is 51.2 Å². The van der Waals surface area contributed by atoms with Crippen LogP contribution in [0.15, 0.2) is 53.4 Å². The smallest absolute Gasteiger partial charge is 0.256 e. The topological polar surface area (TPSA) is 82.6 Å². The molecule has 11 heteroatoms. The van der Waals surface area contributed by atoms with Gasteiger partial charge in [0, 0.05) is 48.2 Å². The number of carbonyl (C=O) groups excluding carboxylic acids is 1. The molecule has 1 amide bonds. The Morgan fingerprint density at radius 1 is 0.951 bits per heavy atom. The van der Waals surface area contributed by atoms with Crippen molar-refractivity contribution in [1.82, 2.24) is 14.2 Å². The fourth-order valence-corrected chi connectivity index (χ4v) is 9.44. The van der Waals surface area contributed by atoms with Gasteiger partial charge in [-0.25, -0.2) is 13.4 Å². The Morgan fingerprint density at radius 2 is 1.66 bits per heavy atom. The molecule has 0 aliphatic carbocycles. The van der Waals surface area contributed by atoms with Gasteiger partial charge in [-0.05, 0) is 75.1 Å². The lowest BCUT2D eigenvalue weighted by Gasteiger charge is -2.30. The molecule has 2 aliphatic heterocycles. The summed E-state index contributed by atoms with van der Waals surface area (Å²) in [5, 5.41) is 4.90. The second-order valence-electron chi connectivity index (χ2n) is 10.8. The fraction of sp³-hybridized carbons (Fsp3) is 0.400. The summed E-state index contributed by atoms with van der Waals surface area (Å²) < 4.78 is 29.1. The molecule has 0 atom stereocenters. The van der Waals surface area contributed by atoms with E-state index in [-0.39, 0.29) is 23.2 Å². The quantitative estimate of drug-likeness (QED) is 0.247. The Bertz CT molecular complexity index is 1610. The number of aromatic nitrogens is 1. The molecule has 6 rings (SSSR count). The van der Waals surface area contributed by atoms with Crippen LogP contribution in [0.25, 0.3) is 20.8 Å². The first-order chi connectivity index (χ1) is 19.3. The maximum Gasteiger partial charge on any atom is 0.256 e. The van der Waals surface area contributed by atoms with E-state index in [4.69, 9.17) is 4.98 Å². The lowest BCUT2D eigenvalue weighted by atomic mass is 10.0. The summed E-state index contributed by atoms with van der Waals surface area (Å²) in [5.41, 5.74) is 3.69. The van der Waals surface area contributed by atoms with Crippen LogP contribution in [-0.2, 0) is 23.0 Å². The number of carbonyl (C=O) groups is 1. The van der Waals surface area contributed by atoms with Crippen LogP contribution < -0.4 is 5.32 Å². The average Bonchev–Trinajstić information content (AvgIpc) is 3.41. The first-order valence-corrected chi connectivity index (χ1v) is 17.0. The number of fused-ring (bicyclic) bond motifs is 2. The van der Waals surface area contributed by atoms with Crippen molar-refractivity contribution in [3.63, 3.8) is 0 Å². The molecule has 2 aromatic heterocycles. The molecule has 4 aromatic rings. The maximum atomic E-state index is 13.5. The predicted molar refractivity (Wildman–Crippen MR) is 171 cm³/mol. The first-order valence-electron chi connectivity index (χ1n) is 14.0. The van der Waals surface area contributed by atoms with Gasteiger partial charge in [-0.2, -0.15) is 4.31 Å². The van der Waals surface area contributed by atoms with Crippen molar-refractivity contribution >= 4 is 66.2 Å². The summed E-state index contributed by atoms with van der Waals surface area (Å²) in [4.78, 5) is 22.4. The highest BCUT2D eigenvalue weighted by molar-refractivity contribution is 7.89. The zero-order valence-corrected chi connectivity index (χ0v) is 26.5. The Kier molecular flexibility index (Phi) is 9.18. The normalized spacial score (nSPS) is 16.8. The van der Waals surface area contributed by atoms with Gasteiger partial charge in [0.05, 0.1) is 15.1 Å². The lowest BCUT2D eigenvalue weighted by molar-refractivity contribution is 0.102. The highest BCUT2D eigenvalue weighted by Gasteiger charge is 2.29. The van der Waals surface area contributed by atoms with E-state index in [9.17, 15) is 13.2 Å². The number of nitrogens with zero attached hydrogens (tertiary/aromatic N) is 3. The summed E-state index contributed by atoms with van der Waals surface area (Å²) in [6.45, 7) is 7.36. The molecule has 1 saturated heterocycles. The molecule has 7 nitrogen and oxygen atoms in total. The van der Waals surface area contributed by atoms with E-state index in [2.05, 4.69) is 30.1 Å². The number of halogens is 1. The number of thiophene rings is 1. The van der Waals surface area contributed by atoms with Crippen LogP contribution in [0.1, 0.15) is 60.3 Å². The molecule has 0 spiro atoms. The van der Waals surface area contributed by atoms with Gasteiger partial charge in [0.2, 0.25) is 10.0 Å². The molecule has 2 aromatic carbocycles. The van der Waals surface area contributed by atoms with Gasteiger partial charge in [0.15, 0.2) is 0 Å². The van der Waals surface area contributed by atoms with E-state index in [0.717, 1.165) is 71.0 Å². The minimum atomic E-state index is -3.56. The van der Waals surface area contributed by atoms with Crippen molar-refractivity contribution in [1.29, 1.82) is 0 Å². The fourth-order valence-electron chi connectivity index (χ4n) is 5.54. The number of sulfonamides is 1. The lowest BCUT2D eigenvalue weighted by Crippen LogP contribution is -2.35. The minimum absolute atomic E-state index is 0. The molecule has 0 saturated carbocycles. The number of nitrogens with one attached hydrogen (secondary N) is 1. The van der Waals surface area contributed by atoms with Gasteiger partial charge >= 0.3 is 0 Å². The first kappa shape index (κ1) is 30.1. The SMILES string of the molecule is CC(C)N1CCc2c(sc(NC(=O)c3ccc(S(=O)(=O)N4CCCCCC4)cc3)c2-c2nc3ccccc3s2)C1.Cl. The van der Waals surface area contributed by atoms with Gasteiger partial charge in [0.1, 0.15) is 10.0 Å². The maximum absolute atomic E-state index is 13.5. The van der Waals surface area contributed by atoms with Gasteiger partial charge in [-0.3, -0.25) is 9.69 Å². The van der Waals surface area contributed by atoms with Gasteiger partial charge in [0.25, 0.3) is 5.91 Å². The number of hydrogen-bond acceptors (Lipinski definition) is 7. The molecule has 0 bridgehead atoms. The third kappa shape index (κ3) is 6.09. The number of rotatable bonds is 6. The number of para-hydroxylation sites is 1. The molecular weight excluding hydrogens is 596 g/mol. The zero-order chi connectivity index (χ0) is 27.9. The number of benzene rings is 2. The summed E-state index contributed by atoms with van der Waals surface area (Å²) in [5.74, 6) is -0.250. The van der Waals surface area contributed by atoms with Gasteiger partial charge in [-0.15, -0.1) is 35.1 Å². The number of thiazole rings is 1. The Labute approximate surface area is 256 Å². The van der Waals surface area contributed by atoms with E-state index < -0.39 is 10.0 Å². The third-order valence-corrected chi connectivity index (χ3v) is 12.0. The van der Waals surface area contributed by atoms with Crippen LogP contribution in [0, 0.1) is 0 Å². The molecule has 0 radical (unpaired) electrons. The van der Waals surface area contributed by atoms with Crippen molar-refractivity contribution in [2.45, 2.75) is 63.4 Å². The molecule has 2 aliphatic rings. The molecule has 0 unspecified atom stereocenters. The molecule has 1 fully saturated rings. The van der Waals surface area contributed by atoms with E-state index in [0.29, 0.717) is 24.7 Å². The molecular formula is C30H35ClN4O3S3. The summed E-state index contributed by atoms with van der Waals surface area (Å²) in [6.07, 6.45) is 4.80. The number of hydrogen-bond donors (Lipinski definition) is 1. The van der Waals surface area contributed by atoms with Crippen molar-refractivity contribution < 1.29 is 13.2 Å². The molecule has 218 valence electrons. The number of amides is 1. The van der Waals surface area contributed by atoms with Gasteiger partial charge in [-0.1, -0.05) is 25.0 Å². The van der Waals surface area contributed by atoms with Crippen LogP contribution in [0.3, 0.4) is 0 Å². The van der Waals surface area contributed by atoms with Gasteiger partial charge < -0.3 is 5.32 Å². The minimum Gasteiger partial charge on any atom is -0.313 e. The predicted octanol–water partition coefficient (Wildman–Crippen LogP) is 7.03. The van der Waals surface area contributed by atoms with E-state index >= 15 is 0 Å². The van der Waals surface area contributed by atoms with Crippen molar-refractivity contribution in [2.75, 3.05) is 25.0 Å². The standard InChI is InChI=1S/C30H34N4O3S3.ClH/c1-20(2)33-18-15-23-26(19-33)39-30(27(23)29-31-24-9-5-6-10-25(24)38-29)32-28(35)21-11-13-22(14-12-21)40(36,37)34-16-7-3-4-8-17-34;/h5-6,9-14,20H,3-4,7-8,15-19H2,1-2H3,(H,32,35);1H. The van der Waals surface area contributed by atoms with Crippen LogP contribution in [-0.4, -0.2) is 54.2 Å². The van der Waals surface area contributed by atoms with Crippen LogP contribution in [0.5, 0.6) is 0 Å². The average molecular weight is 631 g/mol. The van der Waals surface area contributed by atoms with Crippen LogP contribution >= 0.6 is 35.1 Å². The highest BCUT2D eigenvalue weighted by atomic mass is 35.5. The van der Waals surface area contributed by atoms with Crippen molar-refractivity contribution in [3.8, 4) is 10.6 Å². The summed E-state index contributed by atoms with van der Waals surface area (Å²) in [7, 11) is -3.56. The summed E-state index contributed by atoms with van der Waals surface area (Å²) in [6, 6.07) is 14.9. The second kappa shape index (κ2) is 12.5. The van der Waals surface area contributed by atoms with Crippen LogP contribution in [0.2, 0.25) is 0 Å². The van der Waals surface area contributed by atoms with Crippen LogP contribution in [0.4, 0.5) is 5.00 Å². The second-order valence-corrected chi connectivity index (χ2v) is 14.9. The Morgan fingerprint density at radius 3 is 2.34 bits per heavy atom. The Balaban J connectivity index is 0.00000337. The monoisotopic (exact) mass is 630 g/mol. The molecule has 4 heterocycles. The number of anilines is 1. The Hall–Kier alpha value is -2.34. The molecule has 41 heavy (non-hydrogen) atoms. The van der Waals surface area contributed by atoms with Crippen molar-refractivity contribution in [2.24, 2.45) is 0 Å². The van der Waals surface area contributed by atoms with E-state index in [1.165, 1.54) is 10.4 Å². The van der Waals surface area contributed by atoms with Crippen molar-refractivity contribution in [3.05, 3.63) is 64.5 Å². The van der Waals surface area contributed by atoms with E-state index in [1.807, 2.05) is 18.2 Å². The largest absolute Gasteiger partial charge is 0.313 e. The molecule has 1 N–H and O–H groups in total. The summed E-state index contributed by atoms with van der Waals surface area (Å²) >= 11 is 3.28. The third-order valence-electron chi connectivity index (χ3n) is 7.87.